The first kappa shape index (κ1) is 22.5. The quantitative estimate of drug-likeness (QED) is 0.485. The molecule has 0 unspecified atom stereocenters. The summed E-state index contributed by atoms with van der Waals surface area (Å²) in [6.45, 7) is 17.3. The molecule has 1 aromatic carbocycles. The van der Waals surface area contributed by atoms with Gasteiger partial charge in [-0.15, -0.1) is 0 Å². The lowest BCUT2D eigenvalue weighted by Gasteiger charge is -2.28. The highest BCUT2D eigenvalue weighted by Gasteiger charge is 2.27. The van der Waals surface area contributed by atoms with Crippen LogP contribution in [0.4, 0.5) is 0 Å². The van der Waals surface area contributed by atoms with Crippen molar-refractivity contribution in [3.8, 4) is 5.75 Å². The molecular formula is C23H38O3. The van der Waals surface area contributed by atoms with Crippen molar-refractivity contribution in [1.82, 2.24) is 0 Å². The Morgan fingerprint density at radius 1 is 1.00 bits per heavy atom. The summed E-state index contributed by atoms with van der Waals surface area (Å²) in [6.07, 6.45) is 3.42. The Balaban J connectivity index is 2.87. The SMILES string of the molecule is CC(C)CCCCOC(=O)Cc1cc(C(C)(C)C)c(O)c(C(C)(C)C)c1. The summed E-state index contributed by atoms with van der Waals surface area (Å²) >= 11 is 0. The third-order valence-corrected chi connectivity index (χ3v) is 4.57. The zero-order chi connectivity index (χ0) is 20.1. The summed E-state index contributed by atoms with van der Waals surface area (Å²) in [5.41, 5.74) is 2.28. The number of phenols is 1. The molecule has 3 heteroatoms. The maximum atomic E-state index is 12.2. The van der Waals surface area contributed by atoms with Crippen LogP contribution >= 0.6 is 0 Å². The van der Waals surface area contributed by atoms with E-state index in [1.165, 1.54) is 6.42 Å². The monoisotopic (exact) mass is 362 g/mol. The van der Waals surface area contributed by atoms with Gasteiger partial charge < -0.3 is 9.84 Å². The van der Waals surface area contributed by atoms with Gasteiger partial charge in [-0.25, -0.2) is 0 Å². The number of ether oxygens (including phenoxy) is 1. The number of hydrogen-bond acceptors (Lipinski definition) is 3. The lowest BCUT2D eigenvalue weighted by atomic mass is 9.78. The Kier molecular flexibility index (Phi) is 7.73. The van der Waals surface area contributed by atoms with E-state index < -0.39 is 0 Å². The molecule has 0 fully saturated rings. The van der Waals surface area contributed by atoms with Gasteiger partial charge in [0.25, 0.3) is 0 Å². The summed E-state index contributed by atoms with van der Waals surface area (Å²) in [6, 6.07) is 3.90. The fourth-order valence-electron chi connectivity index (χ4n) is 3.00. The largest absolute Gasteiger partial charge is 0.507 e. The number of carbonyl (C=O) groups excluding carboxylic acids is 1. The van der Waals surface area contributed by atoms with E-state index in [0.717, 1.165) is 29.5 Å². The second-order valence-electron chi connectivity index (χ2n) is 9.83. The molecule has 0 aliphatic rings. The molecule has 148 valence electrons. The van der Waals surface area contributed by atoms with Crippen LogP contribution in [0.25, 0.3) is 0 Å². The van der Waals surface area contributed by atoms with Crippen molar-refractivity contribution in [2.45, 2.75) is 91.9 Å². The van der Waals surface area contributed by atoms with Crippen molar-refractivity contribution in [3.63, 3.8) is 0 Å². The topological polar surface area (TPSA) is 46.5 Å². The number of esters is 1. The Labute approximate surface area is 160 Å². The van der Waals surface area contributed by atoms with Gasteiger partial charge in [0.2, 0.25) is 0 Å². The third-order valence-electron chi connectivity index (χ3n) is 4.57. The van der Waals surface area contributed by atoms with E-state index in [0.29, 0.717) is 18.3 Å². The van der Waals surface area contributed by atoms with E-state index in [4.69, 9.17) is 4.74 Å². The molecule has 0 saturated carbocycles. The van der Waals surface area contributed by atoms with Crippen LogP contribution in [0.5, 0.6) is 5.75 Å². The molecule has 1 rings (SSSR count). The summed E-state index contributed by atoms with van der Waals surface area (Å²) in [4.78, 5) is 12.2. The Hall–Kier alpha value is -1.51. The molecule has 0 spiro atoms. The normalized spacial score (nSPS) is 12.5. The second-order valence-corrected chi connectivity index (χ2v) is 9.83. The fraction of sp³-hybridized carbons (Fsp3) is 0.696. The predicted molar refractivity (Wildman–Crippen MR) is 109 cm³/mol. The number of aromatic hydroxyl groups is 1. The molecule has 0 saturated heterocycles. The number of rotatable bonds is 7. The maximum Gasteiger partial charge on any atom is 0.310 e. The zero-order valence-corrected chi connectivity index (χ0v) is 18.0. The first-order chi connectivity index (χ1) is 11.8. The molecule has 0 radical (unpaired) electrons. The standard InChI is InChI=1S/C23H38O3/c1-16(2)11-9-10-12-26-20(24)15-17-13-18(22(3,4)5)21(25)19(14-17)23(6,7)8/h13-14,16,25H,9-12,15H2,1-8H3. The van der Waals surface area contributed by atoms with Crippen LogP contribution in [0.3, 0.4) is 0 Å². The van der Waals surface area contributed by atoms with Gasteiger partial charge in [0.15, 0.2) is 0 Å². The maximum absolute atomic E-state index is 12.2. The lowest BCUT2D eigenvalue weighted by Crippen LogP contribution is -2.19. The molecule has 3 nitrogen and oxygen atoms in total. The molecule has 0 aliphatic heterocycles. The number of benzene rings is 1. The van der Waals surface area contributed by atoms with Crippen LogP contribution in [-0.4, -0.2) is 17.7 Å². The first-order valence-electron chi connectivity index (χ1n) is 9.85. The fourth-order valence-corrected chi connectivity index (χ4v) is 3.00. The average Bonchev–Trinajstić information content (AvgIpc) is 2.45. The number of unbranched alkanes of at least 4 members (excludes halogenated alkanes) is 1. The van der Waals surface area contributed by atoms with Crippen molar-refractivity contribution in [3.05, 3.63) is 28.8 Å². The Morgan fingerprint density at radius 3 is 1.92 bits per heavy atom. The molecular weight excluding hydrogens is 324 g/mol. The van der Waals surface area contributed by atoms with E-state index in [-0.39, 0.29) is 23.2 Å². The second kappa shape index (κ2) is 8.92. The van der Waals surface area contributed by atoms with E-state index in [2.05, 4.69) is 55.4 Å². The molecule has 0 atom stereocenters. The molecule has 0 heterocycles. The van der Waals surface area contributed by atoms with E-state index in [1.54, 1.807) is 0 Å². The highest BCUT2D eigenvalue weighted by Crippen LogP contribution is 2.39. The molecule has 1 N–H and O–H groups in total. The van der Waals surface area contributed by atoms with Gasteiger partial charge >= 0.3 is 5.97 Å². The van der Waals surface area contributed by atoms with Crippen LogP contribution < -0.4 is 0 Å². The average molecular weight is 363 g/mol. The molecule has 0 amide bonds. The van der Waals surface area contributed by atoms with Crippen molar-refractivity contribution in [2.75, 3.05) is 6.61 Å². The Morgan fingerprint density at radius 2 is 1.50 bits per heavy atom. The highest BCUT2D eigenvalue weighted by atomic mass is 16.5. The van der Waals surface area contributed by atoms with Crippen LogP contribution in [0.15, 0.2) is 12.1 Å². The molecule has 0 aromatic heterocycles. The van der Waals surface area contributed by atoms with Gasteiger partial charge in [-0.2, -0.15) is 0 Å². The van der Waals surface area contributed by atoms with Crippen LogP contribution in [0.2, 0.25) is 0 Å². The van der Waals surface area contributed by atoms with Crippen molar-refractivity contribution in [1.29, 1.82) is 0 Å². The molecule has 0 aliphatic carbocycles. The number of hydrogen-bond donors (Lipinski definition) is 1. The van der Waals surface area contributed by atoms with Gasteiger partial charge in [-0.05, 0) is 46.3 Å². The molecule has 26 heavy (non-hydrogen) atoms. The highest BCUT2D eigenvalue weighted by molar-refractivity contribution is 5.73. The minimum Gasteiger partial charge on any atom is -0.507 e. The minimum absolute atomic E-state index is 0.194. The first-order valence-corrected chi connectivity index (χ1v) is 9.85. The minimum atomic E-state index is -0.194. The van der Waals surface area contributed by atoms with Gasteiger partial charge in [-0.1, -0.05) is 73.9 Å². The van der Waals surface area contributed by atoms with Gasteiger partial charge in [0, 0.05) is 0 Å². The third kappa shape index (κ3) is 7.01. The molecule has 1 aromatic rings. The van der Waals surface area contributed by atoms with Gasteiger partial charge in [-0.3, -0.25) is 4.79 Å². The number of phenolic OH excluding ortho intramolecular Hbond substituents is 1. The van der Waals surface area contributed by atoms with Crippen LogP contribution in [-0.2, 0) is 26.8 Å². The smallest absolute Gasteiger partial charge is 0.310 e. The van der Waals surface area contributed by atoms with Gasteiger partial charge in [0.05, 0.1) is 13.0 Å². The van der Waals surface area contributed by atoms with E-state index in [9.17, 15) is 9.90 Å². The van der Waals surface area contributed by atoms with E-state index in [1.807, 2.05) is 12.1 Å². The summed E-state index contributed by atoms with van der Waals surface area (Å²) in [5, 5.41) is 10.7. The summed E-state index contributed by atoms with van der Waals surface area (Å²) in [7, 11) is 0. The van der Waals surface area contributed by atoms with E-state index >= 15 is 0 Å². The van der Waals surface area contributed by atoms with Crippen molar-refractivity contribution in [2.24, 2.45) is 5.92 Å². The van der Waals surface area contributed by atoms with Gasteiger partial charge in [0.1, 0.15) is 5.75 Å². The lowest BCUT2D eigenvalue weighted by molar-refractivity contribution is -0.142. The summed E-state index contributed by atoms with van der Waals surface area (Å²) < 4.78 is 5.41. The summed E-state index contributed by atoms with van der Waals surface area (Å²) in [5.74, 6) is 0.838. The van der Waals surface area contributed by atoms with Crippen LogP contribution in [0, 0.1) is 5.92 Å². The van der Waals surface area contributed by atoms with Crippen molar-refractivity contribution < 1.29 is 14.6 Å². The zero-order valence-electron chi connectivity index (χ0n) is 18.0. The number of carbonyl (C=O) groups is 1. The van der Waals surface area contributed by atoms with Crippen LogP contribution in [0.1, 0.15) is 91.3 Å². The molecule has 0 bridgehead atoms. The Bertz CT molecular complexity index is 566. The predicted octanol–water partition coefficient (Wildman–Crippen LogP) is 5.90. The van der Waals surface area contributed by atoms with Crippen molar-refractivity contribution >= 4 is 5.97 Å².